The fraction of sp³-hybridized carbons (Fsp3) is 0.500. The minimum atomic E-state index is -0.810. The summed E-state index contributed by atoms with van der Waals surface area (Å²) in [5, 5.41) is 11.8. The van der Waals surface area contributed by atoms with Gasteiger partial charge in [-0.15, -0.1) is 0 Å². The van der Waals surface area contributed by atoms with Crippen molar-refractivity contribution in [3.8, 4) is 0 Å². The fourth-order valence-corrected chi connectivity index (χ4v) is 0.981. The highest BCUT2D eigenvalue weighted by Crippen LogP contribution is 2.19. The van der Waals surface area contributed by atoms with Crippen LogP contribution < -0.4 is 0 Å². The van der Waals surface area contributed by atoms with Crippen LogP contribution in [-0.2, 0) is 0 Å². The fourth-order valence-electron chi connectivity index (χ4n) is 0.981. The van der Waals surface area contributed by atoms with E-state index >= 15 is 0 Å². The lowest BCUT2D eigenvalue weighted by atomic mass is 9.94. The zero-order valence-corrected chi connectivity index (χ0v) is 7.61. The van der Waals surface area contributed by atoms with E-state index in [4.69, 9.17) is 5.21 Å². The van der Waals surface area contributed by atoms with Crippen molar-refractivity contribution in [3.63, 3.8) is 0 Å². The number of rotatable bonds is 2. The molecule has 0 fully saturated rings. The first-order valence-corrected chi connectivity index (χ1v) is 3.88. The van der Waals surface area contributed by atoms with Crippen LogP contribution in [0.25, 0.3) is 0 Å². The zero-order valence-electron chi connectivity index (χ0n) is 7.61. The molecule has 0 aliphatic carbocycles. The van der Waals surface area contributed by atoms with E-state index in [2.05, 4.69) is 10.1 Å². The van der Waals surface area contributed by atoms with Gasteiger partial charge in [-0.2, -0.15) is 0 Å². The normalized spacial score (nSPS) is 13.3. The summed E-state index contributed by atoms with van der Waals surface area (Å²) in [6.07, 6.45) is 4.61. The molecule has 0 radical (unpaired) electrons. The Hall–Kier alpha value is -1.39. The van der Waals surface area contributed by atoms with Crippen molar-refractivity contribution >= 4 is 5.84 Å². The summed E-state index contributed by atoms with van der Waals surface area (Å²) in [5.74, 6) is 0.243. The molecule has 5 heteroatoms. The third-order valence-corrected chi connectivity index (χ3v) is 1.78. The summed E-state index contributed by atoms with van der Waals surface area (Å²) >= 11 is 0. The molecular weight excluding hydrogens is 173 g/mol. The van der Waals surface area contributed by atoms with Crippen LogP contribution >= 0.6 is 0 Å². The topological polar surface area (TPSA) is 50.4 Å². The van der Waals surface area contributed by atoms with Crippen LogP contribution in [0.1, 0.15) is 13.8 Å². The highest BCUT2D eigenvalue weighted by atomic mass is 19.1. The van der Waals surface area contributed by atoms with Crippen molar-refractivity contribution in [2.24, 2.45) is 10.6 Å². The third kappa shape index (κ3) is 1.85. The molecule has 0 saturated carbocycles. The standard InChI is InChI=1S/C8H12FN3O/c1-8(2,5-9)7(11-13)12-4-3-10-6-12/h3-4,6,13H,5H2,1-2H3. The van der Waals surface area contributed by atoms with Gasteiger partial charge in [-0.1, -0.05) is 19.0 Å². The molecule has 1 heterocycles. The average molecular weight is 185 g/mol. The number of alkyl halides is 1. The number of hydrogen-bond donors (Lipinski definition) is 1. The van der Waals surface area contributed by atoms with Crippen LogP contribution in [-0.4, -0.2) is 27.3 Å². The van der Waals surface area contributed by atoms with Gasteiger partial charge in [-0.05, 0) is 0 Å². The van der Waals surface area contributed by atoms with Gasteiger partial charge < -0.3 is 5.21 Å². The van der Waals surface area contributed by atoms with Gasteiger partial charge in [0.15, 0.2) is 5.84 Å². The molecule has 0 unspecified atom stereocenters. The molecule has 0 saturated heterocycles. The van der Waals surface area contributed by atoms with Crippen molar-refractivity contribution in [1.29, 1.82) is 0 Å². The molecule has 4 nitrogen and oxygen atoms in total. The number of nitrogens with zero attached hydrogens (tertiary/aromatic N) is 3. The quantitative estimate of drug-likeness (QED) is 0.328. The molecule has 0 spiro atoms. The molecule has 0 atom stereocenters. The molecule has 0 aromatic carbocycles. The lowest BCUT2D eigenvalue weighted by Gasteiger charge is -2.21. The lowest BCUT2D eigenvalue weighted by molar-refractivity contribution is 0.287. The number of hydrogen-bond acceptors (Lipinski definition) is 3. The molecule has 0 bridgehead atoms. The predicted molar refractivity (Wildman–Crippen MR) is 46.6 cm³/mol. The first-order chi connectivity index (χ1) is 6.11. The Morgan fingerprint density at radius 3 is 2.77 bits per heavy atom. The largest absolute Gasteiger partial charge is 0.409 e. The van der Waals surface area contributed by atoms with Crippen LogP contribution in [0.2, 0.25) is 0 Å². The second-order valence-corrected chi connectivity index (χ2v) is 3.41. The molecule has 1 N–H and O–H groups in total. The van der Waals surface area contributed by atoms with Crippen LogP contribution in [0.4, 0.5) is 4.39 Å². The van der Waals surface area contributed by atoms with Crippen molar-refractivity contribution in [2.45, 2.75) is 13.8 Å². The van der Waals surface area contributed by atoms with Gasteiger partial charge in [-0.25, -0.2) is 4.98 Å². The monoisotopic (exact) mass is 185 g/mol. The molecule has 1 aromatic rings. The summed E-state index contributed by atoms with van der Waals surface area (Å²) in [6.45, 7) is 2.72. The van der Waals surface area contributed by atoms with E-state index in [0.717, 1.165) is 0 Å². The number of imidazole rings is 1. The molecule has 0 aliphatic heterocycles. The third-order valence-electron chi connectivity index (χ3n) is 1.78. The van der Waals surface area contributed by atoms with Crippen LogP contribution in [0.15, 0.2) is 23.9 Å². The van der Waals surface area contributed by atoms with Gasteiger partial charge in [-0.3, -0.25) is 8.96 Å². The summed E-state index contributed by atoms with van der Waals surface area (Å²) in [4.78, 5) is 3.79. The minimum absolute atomic E-state index is 0.243. The van der Waals surface area contributed by atoms with E-state index in [-0.39, 0.29) is 5.84 Å². The summed E-state index contributed by atoms with van der Waals surface area (Å²) < 4.78 is 14.1. The number of aromatic nitrogens is 2. The van der Waals surface area contributed by atoms with E-state index in [0.29, 0.717) is 0 Å². The highest BCUT2D eigenvalue weighted by molar-refractivity contribution is 5.89. The number of oxime groups is 1. The first kappa shape index (κ1) is 9.70. The summed E-state index contributed by atoms with van der Waals surface area (Å²) in [6, 6.07) is 0. The predicted octanol–water partition coefficient (Wildman–Crippen LogP) is 1.51. The van der Waals surface area contributed by atoms with Gasteiger partial charge in [0, 0.05) is 12.4 Å². The Morgan fingerprint density at radius 1 is 1.69 bits per heavy atom. The van der Waals surface area contributed by atoms with Gasteiger partial charge >= 0.3 is 0 Å². The molecule has 13 heavy (non-hydrogen) atoms. The Morgan fingerprint density at radius 2 is 2.38 bits per heavy atom. The second-order valence-electron chi connectivity index (χ2n) is 3.41. The highest BCUT2D eigenvalue weighted by Gasteiger charge is 2.27. The molecule has 1 rings (SSSR count). The Bertz CT molecular complexity index is 292. The molecule has 0 aliphatic rings. The zero-order chi connectivity index (χ0) is 9.90. The lowest BCUT2D eigenvalue weighted by Crippen LogP contribution is -2.31. The van der Waals surface area contributed by atoms with E-state index in [9.17, 15) is 4.39 Å². The molecule has 72 valence electrons. The maximum atomic E-state index is 12.6. The molecule has 1 aromatic heterocycles. The van der Waals surface area contributed by atoms with Crippen molar-refractivity contribution in [3.05, 3.63) is 18.7 Å². The van der Waals surface area contributed by atoms with E-state index in [1.54, 1.807) is 26.2 Å². The van der Waals surface area contributed by atoms with Crippen molar-refractivity contribution in [1.82, 2.24) is 9.55 Å². The van der Waals surface area contributed by atoms with Crippen LogP contribution in [0.3, 0.4) is 0 Å². The maximum absolute atomic E-state index is 12.6. The second kappa shape index (κ2) is 3.55. The minimum Gasteiger partial charge on any atom is -0.409 e. The Kier molecular flexibility index (Phi) is 2.65. The van der Waals surface area contributed by atoms with E-state index < -0.39 is 12.1 Å². The van der Waals surface area contributed by atoms with E-state index in [1.807, 2.05) is 0 Å². The summed E-state index contributed by atoms with van der Waals surface area (Å²) in [7, 11) is 0. The van der Waals surface area contributed by atoms with Crippen molar-refractivity contribution < 1.29 is 9.60 Å². The van der Waals surface area contributed by atoms with Gasteiger partial charge in [0.2, 0.25) is 0 Å². The number of halogens is 1. The smallest absolute Gasteiger partial charge is 0.161 e. The van der Waals surface area contributed by atoms with Crippen molar-refractivity contribution in [2.75, 3.05) is 6.67 Å². The first-order valence-electron chi connectivity index (χ1n) is 3.88. The Labute approximate surface area is 75.7 Å². The van der Waals surface area contributed by atoms with Crippen LogP contribution in [0, 0.1) is 5.41 Å². The van der Waals surface area contributed by atoms with Gasteiger partial charge in [0.1, 0.15) is 13.0 Å². The SMILES string of the molecule is CC(C)(CF)C(=NO)n1ccnc1. The van der Waals surface area contributed by atoms with E-state index in [1.165, 1.54) is 10.9 Å². The summed E-state index contributed by atoms with van der Waals surface area (Å²) in [5.41, 5.74) is -0.810. The van der Waals surface area contributed by atoms with Gasteiger partial charge in [0.05, 0.1) is 5.41 Å². The Balaban J connectivity index is 3.01. The van der Waals surface area contributed by atoms with Crippen LogP contribution in [0.5, 0.6) is 0 Å². The maximum Gasteiger partial charge on any atom is 0.161 e. The van der Waals surface area contributed by atoms with Gasteiger partial charge in [0.25, 0.3) is 0 Å². The average Bonchev–Trinajstić information content (AvgIpc) is 2.58. The molecule has 0 amide bonds. The molecular formula is C8H12FN3O.